The second-order valence-electron chi connectivity index (χ2n) is 4.63. The van der Waals surface area contributed by atoms with Gasteiger partial charge in [-0.3, -0.25) is 0 Å². The van der Waals surface area contributed by atoms with Gasteiger partial charge in [-0.15, -0.1) is 0 Å². The number of benzene rings is 1. The van der Waals surface area contributed by atoms with E-state index < -0.39 is 11.8 Å². The predicted molar refractivity (Wildman–Crippen MR) is 62.3 cm³/mol. The lowest BCUT2D eigenvalue weighted by molar-refractivity contribution is 0.0964. The Bertz CT molecular complexity index is 392. The Hall–Kier alpha value is -1.58. The van der Waals surface area contributed by atoms with Gasteiger partial charge in [-0.05, 0) is 12.5 Å². The largest absolute Gasteiger partial charge is 0.445 e. The van der Waals surface area contributed by atoms with Gasteiger partial charge in [0, 0.05) is 13.0 Å². The number of amides is 1. The van der Waals surface area contributed by atoms with E-state index in [1.54, 1.807) is 0 Å². The van der Waals surface area contributed by atoms with Crippen LogP contribution >= 0.6 is 0 Å². The van der Waals surface area contributed by atoms with Gasteiger partial charge >= 0.3 is 6.09 Å². The normalized spacial score (nSPS) is 23.8. The maximum absolute atomic E-state index is 13.5. The molecule has 1 aliphatic heterocycles. The van der Waals surface area contributed by atoms with Crippen LogP contribution in [0.1, 0.15) is 18.9 Å². The standard InChI is InChI=1S/C13H16FNO2/c1-13(14)7-8-15(10-13)12(16)17-9-11-5-3-2-4-6-11/h2-6H,7-10H2,1H3. The van der Waals surface area contributed by atoms with Crippen LogP contribution in [0.25, 0.3) is 0 Å². The Labute approximate surface area is 100 Å². The van der Waals surface area contributed by atoms with E-state index in [1.165, 1.54) is 11.8 Å². The molecule has 1 atom stereocenters. The quantitative estimate of drug-likeness (QED) is 0.791. The molecule has 1 amide bonds. The molecule has 0 spiro atoms. The first-order valence-electron chi connectivity index (χ1n) is 5.71. The second-order valence-corrected chi connectivity index (χ2v) is 4.63. The van der Waals surface area contributed by atoms with E-state index in [0.717, 1.165) is 5.56 Å². The van der Waals surface area contributed by atoms with Gasteiger partial charge in [0.2, 0.25) is 0 Å². The van der Waals surface area contributed by atoms with E-state index in [4.69, 9.17) is 4.74 Å². The number of hydrogen-bond acceptors (Lipinski definition) is 2. The molecule has 4 heteroatoms. The molecule has 92 valence electrons. The van der Waals surface area contributed by atoms with E-state index in [1.807, 2.05) is 30.3 Å². The molecule has 1 unspecified atom stereocenters. The Morgan fingerprint density at radius 1 is 1.47 bits per heavy atom. The third kappa shape index (κ3) is 3.19. The van der Waals surface area contributed by atoms with Gasteiger partial charge in [-0.25, -0.2) is 9.18 Å². The molecule has 1 aromatic rings. The SMILES string of the molecule is CC1(F)CCN(C(=O)OCc2ccccc2)C1. The zero-order chi connectivity index (χ0) is 12.3. The molecule has 0 bridgehead atoms. The molecule has 17 heavy (non-hydrogen) atoms. The van der Waals surface area contributed by atoms with Crippen LogP contribution in [-0.4, -0.2) is 29.8 Å². The highest BCUT2D eigenvalue weighted by Crippen LogP contribution is 2.25. The van der Waals surface area contributed by atoms with E-state index in [9.17, 15) is 9.18 Å². The molecular formula is C13H16FNO2. The van der Waals surface area contributed by atoms with Gasteiger partial charge in [0.25, 0.3) is 0 Å². The van der Waals surface area contributed by atoms with Gasteiger partial charge in [0.15, 0.2) is 0 Å². The van der Waals surface area contributed by atoms with E-state index in [-0.39, 0.29) is 13.2 Å². The molecule has 2 rings (SSSR count). The minimum atomic E-state index is -1.27. The highest BCUT2D eigenvalue weighted by Gasteiger charge is 2.36. The maximum atomic E-state index is 13.5. The number of likely N-dealkylation sites (tertiary alicyclic amines) is 1. The van der Waals surface area contributed by atoms with Crippen LogP contribution in [0, 0.1) is 0 Å². The lowest BCUT2D eigenvalue weighted by Gasteiger charge is -2.17. The van der Waals surface area contributed by atoms with Crippen molar-refractivity contribution in [3.05, 3.63) is 35.9 Å². The molecule has 0 N–H and O–H groups in total. The molecule has 0 aliphatic carbocycles. The van der Waals surface area contributed by atoms with Crippen molar-refractivity contribution in [3.8, 4) is 0 Å². The Morgan fingerprint density at radius 2 is 2.18 bits per heavy atom. The summed E-state index contributed by atoms with van der Waals surface area (Å²) in [5.74, 6) is 0. The van der Waals surface area contributed by atoms with Crippen LogP contribution in [0.4, 0.5) is 9.18 Å². The van der Waals surface area contributed by atoms with E-state index >= 15 is 0 Å². The summed E-state index contributed by atoms with van der Waals surface area (Å²) < 4.78 is 18.7. The molecule has 0 radical (unpaired) electrons. The molecule has 1 aliphatic rings. The average Bonchev–Trinajstić information content (AvgIpc) is 2.68. The maximum Gasteiger partial charge on any atom is 0.410 e. The van der Waals surface area contributed by atoms with Crippen LogP contribution in [-0.2, 0) is 11.3 Å². The first-order valence-corrected chi connectivity index (χ1v) is 5.71. The van der Waals surface area contributed by atoms with Crippen molar-refractivity contribution in [2.75, 3.05) is 13.1 Å². The number of hydrogen-bond donors (Lipinski definition) is 0. The highest BCUT2D eigenvalue weighted by atomic mass is 19.1. The molecule has 0 saturated carbocycles. The second kappa shape index (κ2) is 4.73. The number of halogens is 1. The molecule has 0 aromatic heterocycles. The molecule has 1 aromatic carbocycles. The minimum absolute atomic E-state index is 0.126. The first-order chi connectivity index (χ1) is 8.07. The Balaban J connectivity index is 1.83. The van der Waals surface area contributed by atoms with Crippen LogP contribution in [0.3, 0.4) is 0 Å². The average molecular weight is 237 g/mol. The summed E-state index contributed by atoms with van der Waals surface area (Å²) in [6.45, 7) is 2.30. The zero-order valence-electron chi connectivity index (χ0n) is 9.86. The zero-order valence-corrected chi connectivity index (χ0v) is 9.86. The van der Waals surface area contributed by atoms with E-state index in [2.05, 4.69) is 0 Å². The minimum Gasteiger partial charge on any atom is -0.445 e. The van der Waals surface area contributed by atoms with Crippen LogP contribution in [0.15, 0.2) is 30.3 Å². The van der Waals surface area contributed by atoms with Gasteiger partial charge in [-0.2, -0.15) is 0 Å². The Kier molecular flexibility index (Phi) is 3.31. The molecule has 1 heterocycles. The Morgan fingerprint density at radius 3 is 2.76 bits per heavy atom. The fourth-order valence-corrected chi connectivity index (χ4v) is 1.89. The summed E-state index contributed by atoms with van der Waals surface area (Å²) in [6.07, 6.45) is -0.0526. The summed E-state index contributed by atoms with van der Waals surface area (Å²) in [7, 11) is 0. The third-order valence-electron chi connectivity index (χ3n) is 2.89. The predicted octanol–water partition coefficient (Wildman–Crippen LogP) is 2.76. The number of alkyl halides is 1. The fraction of sp³-hybridized carbons (Fsp3) is 0.462. The van der Waals surface area contributed by atoms with E-state index in [0.29, 0.717) is 13.0 Å². The summed E-state index contributed by atoms with van der Waals surface area (Å²) in [4.78, 5) is 13.1. The number of ether oxygens (including phenoxy) is 1. The van der Waals surface area contributed by atoms with Crippen molar-refractivity contribution < 1.29 is 13.9 Å². The summed E-state index contributed by atoms with van der Waals surface area (Å²) in [5, 5.41) is 0. The summed E-state index contributed by atoms with van der Waals surface area (Å²) in [6, 6.07) is 9.45. The lowest BCUT2D eigenvalue weighted by Crippen LogP contribution is -2.32. The fourth-order valence-electron chi connectivity index (χ4n) is 1.89. The van der Waals surface area contributed by atoms with Crippen molar-refractivity contribution in [1.29, 1.82) is 0 Å². The topological polar surface area (TPSA) is 29.5 Å². The summed E-state index contributed by atoms with van der Waals surface area (Å²) >= 11 is 0. The molecule has 3 nitrogen and oxygen atoms in total. The van der Waals surface area contributed by atoms with Gasteiger partial charge in [-0.1, -0.05) is 30.3 Å². The molecular weight excluding hydrogens is 221 g/mol. The smallest absolute Gasteiger partial charge is 0.410 e. The lowest BCUT2D eigenvalue weighted by atomic mass is 10.1. The number of rotatable bonds is 2. The number of carbonyl (C=O) groups excluding carboxylic acids is 1. The van der Waals surface area contributed by atoms with Crippen LogP contribution < -0.4 is 0 Å². The molecule has 1 fully saturated rings. The van der Waals surface area contributed by atoms with Crippen molar-refractivity contribution in [1.82, 2.24) is 4.90 Å². The third-order valence-corrected chi connectivity index (χ3v) is 2.89. The summed E-state index contributed by atoms with van der Waals surface area (Å²) in [5.41, 5.74) is -0.339. The first kappa shape index (κ1) is 11.9. The highest BCUT2D eigenvalue weighted by molar-refractivity contribution is 5.68. The molecule has 1 saturated heterocycles. The van der Waals surface area contributed by atoms with Gasteiger partial charge in [0.05, 0.1) is 6.54 Å². The van der Waals surface area contributed by atoms with Crippen LogP contribution in [0.5, 0.6) is 0 Å². The van der Waals surface area contributed by atoms with Crippen molar-refractivity contribution in [2.24, 2.45) is 0 Å². The van der Waals surface area contributed by atoms with Gasteiger partial charge in [0.1, 0.15) is 12.3 Å². The van der Waals surface area contributed by atoms with Crippen molar-refractivity contribution in [2.45, 2.75) is 25.6 Å². The number of carbonyl (C=O) groups is 1. The monoisotopic (exact) mass is 237 g/mol. The van der Waals surface area contributed by atoms with Gasteiger partial charge < -0.3 is 9.64 Å². The van der Waals surface area contributed by atoms with Crippen molar-refractivity contribution >= 4 is 6.09 Å². The van der Waals surface area contributed by atoms with Crippen molar-refractivity contribution in [3.63, 3.8) is 0 Å². The number of nitrogens with zero attached hydrogens (tertiary/aromatic N) is 1. The van der Waals surface area contributed by atoms with Crippen LogP contribution in [0.2, 0.25) is 0 Å².